The molecular formula is C28H28N2O6. The molecule has 4 N–H and O–H groups in total. The van der Waals surface area contributed by atoms with Gasteiger partial charge < -0.3 is 29.7 Å². The van der Waals surface area contributed by atoms with Crippen molar-refractivity contribution in [2.75, 3.05) is 7.11 Å². The van der Waals surface area contributed by atoms with Crippen molar-refractivity contribution in [3.8, 4) is 17.2 Å². The smallest absolute Gasteiger partial charge is 0.227 e. The van der Waals surface area contributed by atoms with Crippen LogP contribution < -0.4 is 15.5 Å². The molecule has 2 heterocycles. The van der Waals surface area contributed by atoms with Crippen molar-refractivity contribution in [1.82, 2.24) is 10.3 Å². The standard InChI is InChI=1S/C28H28N2O6/c1-15-12-23(32)27(34)28(36-15)19(16-10-11-22(31)24(13-16)35-2)14-25(33)29-21-9-5-7-18-17-6-3-4-8-20(17)30-26(18)21/h3-4,6,8,10-13,19,21,30-31,34H,5,7,9,14H2,1-2H3,(H,29,33)/t19-,21+/m1/s1. The van der Waals surface area contributed by atoms with Crippen LogP contribution in [0.1, 0.15) is 59.6 Å². The summed E-state index contributed by atoms with van der Waals surface area (Å²) in [5.74, 6) is -1.11. The second kappa shape index (κ2) is 9.45. The normalized spacial score (nSPS) is 15.9. The minimum Gasteiger partial charge on any atom is -0.504 e. The summed E-state index contributed by atoms with van der Waals surface area (Å²) in [5.41, 5.74) is 3.26. The van der Waals surface area contributed by atoms with Gasteiger partial charge in [-0.05, 0) is 55.5 Å². The van der Waals surface area contributed by atoms with Crippen LogP contribution in [0.25, 0.3) is 10.9 Å². The van der Waals surface area contributed by atoms with Crippen LogP contribution in [-0.4, -0.2) is 28.2 Å². The molecule has 1 amide bonds. The van der Waals surface area contributed by atoms with Gasteiger partial charge in [0, 0.05) is 29.1 Å². The molecule has 186 valence electrons. The minimum absolute atomic E-state index is 0.00200. The van der Waals surface area contributed by atoms with E-state index >= 15 is 0 Å². The van der Waals surface area contributed by atoms with E-state index in [9.17, 15) is 19.8 Å². The summed E-state index contributed by atoms with van der Waals surface area (Å²) in [5, 5.41) is 24.9. The highest BCUT2D eigenvalue weighted by molar-refractivity contribution is 5.85. The number of aryl methyl sites for hydroxylation is 2. The van der Waals surface area contributed by atoms with E-state index in [1.54, 1.807) is 19.1 Å². The number of ether oxygens (including phenoxy) is 1. The Balaban J connectivity index is 1.48. The number of amides is 1. The molecule has 0 unspecified atom stereocenters. The maximum Gasteiger partial charge on any atom is 0.227 e. The van der Waals surface area contributed by atoms with Crippen LogP contribution >= 0.6 is 0 Å². The summed E-state index contributed by atoms with van der Waals surface area (Å²) in [7, 11) is 1.42. The van der Waals surface area contributed by atoms with E-state index in [1.807, 2.05) is 18.2 Å². The molecule has 0 fully saturated rings. The SMILES string of the molecule is COc1cc([C@@H](CC(=O)N[C@H]2CCCc3c2[nH]c2ccccc32)c2oc(C)cc(=O)c2O)ccc1O. The van der Waals surface area contributed by atoms with Crippen LogP contribution in [0.5, 0.6) is 17.2 Å². The summed E-state index contributed by atoms with van der Waals surface area (Å²) in [4.78, 5) is 29.2. The van der Waals surface area contributed by atoms with Crippen molar-refractivity contribution in [2.45, 2.75) is 44.6 Å². The second-order valence-electron chi connectivity index (χ2n) is 9.20. The first-order valence-corrected chi connectivity index (χ1v) is 11.9. The Labute approximate surface area is 207 Å². The van der Waals surface area contributed by atoms with E-state index in [-0.39, 0.29) is 35.6 Å². The number of aromatic amines is 1. The van der Waals surface area contributed by atoms with E-state index < -0.39 is 17.1 Å². The summed E-state index contributed by atoms with van der Waals surface area (Å²) in [6.07, 6.45) is 2.61. The molecular weight excluding hydrogens is 460 g/mol. The highest BCUT2D eigenvalue weighted by Crippen LogP contribution is 2.38. The van der Waals surface area contributed by atoms with Gasteiger partial charge in [0.25, 0.3) is 0 Å². The van der Waals surface area contributed by atoms with Gasteiger partial charge in [0.15, 0.2) is 17.3 Å². The van der Waals surface area contributed by atoms with Crippen molar-refractivity contribution in [3.05, 3.63) is 87.1 Å². The lowest BCUT2D eigenvalue weighted by molar-refractivity contribution is -0.122. The molecule has 8 nitrogen and oxygen atoms in total. The Kier molecular flexibility index (Phi) is 6.18. The number of carbonyl (C=O) groups is 1. The van der Waals surface area contributed by atoms with Crippen LogP contribution in [0, 0.1) is 6.92 Å². The predicted molar refractivity (Wildman–Crippen MR) is 135 cm³/mol. The maximum absolute atomic E-state index is 13.4. The van der Waals surface area contributed by atoms with E-state index in [2.05, 4.69) is 16.4 Å². The Bertz CT molecular complexity index is 1500. The largest absolute Gasteiger partial charge is 0.504 e. The predicted octanol–water partition coefficient (Wildman–Crippen LogP) is 4.57. The summed E-state index contributed by atoms with van der Waals surface area (Å²) >= 11 is 0. The van der Waals surface area contributed by atoms with Crippen LogP contribution in [-0.2, 0) is 11.2 Å². The van der Waals surface area contributed by atoms with Crippen LogP contribution in [0.15, 0.2) is 57.7 Å². The second-order valence-corrected chi connectivity index (χ2v) is 9.20. The number of para-hydroxylation sites is 1. The van der Waals surface area contributed by atoms with Crippen molar-refractivity contribution in [2.24, 2.45) is 0 Å². The highest BCUT2D eigenvalue weighted by atomic mass is 16.5. The molecule has 1 aliphatic rings. The molecule has 8 heteroatoms. The fourth-order valence-electron chi connectivity index (χ4n) is 5.13. The zero-order valence-electron chi connectivity index (χ0n) is 20.1. The van der Waals surface area contributed by atoms with Gasteiger partial charge in [-0.15, -0.1) is 0 Å². The van der Waals surface area contributed by atoms with Gasteiger partial charge in [-0.3, -0.25) is 9.59 Å². The maximum atomic E-state index is 13.4. The number of carbonyl (C=O) groups excluding carboxylic acids is 1. The van der Waals surface area contributed by atoms with E-state index in [0.29, 0.717) is 11.3 Å². The van der Waals surface area contributed by atoms with Crippen LogP contribution in [0.2, 0.25) is 0 Å². The number of nitrogens with one attached hydrogen (secondary N) is 2. The molecule has 4 aromatic rings. The number of fused-ring (bicyclic) bond motifs is 3. The Morgan fingerprint density at radius 3 is 2.83 bits per heavy atom. The third-order valence-electron chi connectivity index (χ3n) is 6.83. The number of benzene rings is 2. The van der Waals surface area contributed by atoms with Gasteiger partial charge in [-0.2, -0.15) is 0 Å². The fourth-order valence-corrected chi connectivity index (χ4v) is 5.13. The summed E-state index contributed by atoms with van der Waals surface area (Å²) in [6.45, 7) is 1.61. The third-order valence-corrected chi connectivity index (χ3v) is 6.83. The highest BCUT2D eigenvalue weighted by Gasteiger charge is 2.30. The number of methoxy groups -OCH3 is 1. The number of aromatic hydroxyl groups is 2. The average molecular weight is 489 g/mol. The van der Waals surface area contributed by atoms with E-state index in [1.165, 1.54) is 30.2 Å². The number of phenols is 1. The molecule has 2 aromatic carbocycles. The monoisotopic (exact) mass is 488 g/mol. The van der Waals surface area contributed by atoms with Crippen molar-refractivity contribution in [3.63, 3.8) is 0 Å². The Morgan fingerprint density at radius 1 is 1.22 bits per heavy atom. The van der Waals surface area contributed by atoms with Crippen molar-refractivity contribution < 1.29 is 24.2 Å². The van der Waals surface area contributed by atoms with Gasteiger partial charge in [0.1, 0.15) is 5.76 Å². The number of aromatic nitrogens is 1. The molecule has 1 aliphatic carbocycles. The molecule has 2 aromatic heterocycles. The molecule has 0 radical (unpaired) electrons. The lowest BCUT2D eigenvalue weighted by atomic mass is 9.89. The van der Waals surface area contributed by atoms with Crippen molar-refractivity contribution >= 4 is 16.8 Å². The molecule has 5 rings (SSSR count). The zero-order chi connectivity index (χ0) is 25.4. The van der Waals surface area contributed by atoms with Crippen molar-refractivity contribution in [1.29, 1.82) is 0 Å². The third kappa shape index (κ3) is 4.30. The fraction of sp³-hybridized carbons (Fsp3) is 0.286. The molecule has 0 saturated heterocycles. The van der Waals surface area contributed by atoms with Crippen LogP contribution in [0.4, 0.5) is 0 Å². The number of rotatable bonds is 6. The van der Waals surface area contributed by atoms with Gasteiger partial charge in [0.2, 0.25) is 17.1 Å². The molecule has 0 aliphatic heterocycles. The molecule has 36 heavy (non-hydrogen) atoms. The summed E-state index contributed by atoms with van der Waals surface area (Å²) < 4.78 is 11.0. The average Bonchev–Trinajstić information content (AvgIpc) is 3.25. The molecule has 0 saturated carbocycles. The van der Waals surface area contributed by atoms with Crippen LogP contribution in [0.3, 0.4) is 0 Å². The van der Waals surface area contributed by atoms with Gasteiger partial charge in [-0.25, -0.2) is 0 Å². The topological polar surface area (TPSA) is 125 Å². The molecule has 0 bridgehead atoms. The number of phenolic OH excluding ortho intramolecular Hbond substituents is 1. The van der Waals surface area contributed by atoms with Gasteiger partial charge in [0.05, 0.1) is 19.1 Å². The Morgan fingerprint density at radius 2 is 2.03 bits per heavy atom. The lowest BCUT2D eigenvalue weighted by Gasteiger charge is -2.25. The van der Waals surface area contributed by atoms with E-state index in [0.717, 1.165) is 30.5 Å². The zero-order valence-corrected chi connectivity index (χ0v) is 20.1. The minimum atomic E-state index is -0.780. The van der Waals surface area contributed by atoms with E-state index in [4.69, 9.17) is 9.15 Å². The molecule has 0 spiro atoms. The molecule has 2 atom stereocenters. The first kappa shape index (κ1) is 23.5. The quantitative estimate of drug-likeness (QED) is 0.315. The van der Waals surface area contributed by atoms with Gasteiger partial charge >= 0.3 is 0 Å². The first-order chi connectivity index (χ1) is 17.4. The number of hydrogen-bond donors (Lipinski definition) is 4. The Hall–Kier alpha value is -4.20. The summed E-state index contributed by atoms with van der Waals surface area (Å²) in [6, 6.07) is 13.8. The van der Waals surface area contributed by atoms with Gasteiger partial charge in [-0.1, -0.05) is 24.3 Å². The number of H-pyrrole nitrogens is 1. The lowest BCUT2D eigenvalue weighted by Crippen LogP contribution is -2.32. The first-order valence-electron chi connectivity index (χ1n) is 11.9. The number of hydrogen-bond acceptors (Lipinski definition) is 6.